The van der Waals surface area contributed by atoms with E-state index < -0.39 is 0 Å². The molecule has 5 heteroatoms. The van der Waals surface area contributed by atoms with Crippen molar-refractivity contribution in [2.75, 3.05) is 5.32 Å². The highest BCUT2D eigenvalue weighted by molar-refractivity contribution is 7.09. The standard InChI is InChI=1S/C14H14N4S/c1-10-18-14(8-19-10)11-3-2-4-12(5-11)16-7-13-6-15-9-17-13/h2-6,8-9,16H,7H2,1H3,(H,15,17). The van der Waals surface area contributed by atoms with Crippen LogP contribution in [0.5, 0.6) is 0 Å². The van der Waals surface area contributed by atoms with Gasteiger partial charge in [-0.3, -0.25) is 0 Å². The highest BCUT2D eigenvalue weighted by atomic mass is 32.1. The summed E-state index contributed by atoms with van der Waals surface area (Å²) < 4.78 is 0. The van der Waals surface area contributed by atoms with Gasteiger partial charge in [0.15, 0.2) is 0 Å². The van der Waals surface area contributed by atoms with Crippen molar-refractivity contribution >= 4 is 17.0 Å². The number of nitrogens with one attached hydrogen (secondary N) is 2. The van der Waals surface area contributed by atoms with Crippen molar-refractivity contribution in [3.8, 4) is 11.3 Å². The Kier molecular flexibility index (Phi) is 3.29. The predicted molar refractivity (Wildman–Crippen MR) is 78.2 cm³/mol. The second-order valence-corrected chi connectivity index (χ2v) is 5.33. The maximum Gasteiger partial charge on any atom is 0.0922 e. The Morgan fingerprint density at radius 2 is 2.32 bits per heavy atom. The quantitative estimate of drug-likeness (QED) is 0.763. The van der Waals surface area contributed by atoms with Gasteiger partial charge in [0.2, 0.25) is 0 Å². The number of benzene rings is 1. The molecule has 1 aromatic carbocycles. The number of rotatable bonds is 4. The topological polar surface area (TPSA) is 53.6 Å². The van der Waals surface area contributed by atoms with Crippen molar-refractivity contribution in [3.63, 3.8) is 0 Å². The van der Waals surface area contributed by atoms with Crippen LogP contribution in [-0.4, -0.2) is 15.0 Å². The molecular formula is C14H14N4S. The van der Waals surface area contributed by atoms with Crippen molar-refractivity contribution in [1.29, 1.82) is 0 Å². The van der Waals surface area contributed by atoms with E-state index in [1.165, 1.54) is 0 Å². The number of aryl methyl sites for hydroxylation is 1. The average molecular weight is 270 g/mol. The summed E-state index contributed by atoms with van der Waals surface area (Å²) in [5, 5.41) is 6.54. The molecule has 0 spiro atoms. The van der Waals surface area contributed by atoms with E-state index in [0.717, 1.165) is 34.2 Å². The molecule has 0 amide bonds. The van der Waals surface area contributed by atoms with Crippen LogP contribution in [-0.2, 0) is 6.54 Å². The number of thiazole rings is 1. The minimum atomic E-state index is 0.736. The summed E-state index contributed by atoms with van der Waals surface area (Å²) in [6.45, 7) is 2.76. The first-order chi connectivity index (χ1) is 9.31. The zero-order valence-corrected chi connectivity index (χ0v) is 11.4. The van der Waals surface area contributed by atoms with Crippen molar-refractivity contribution in [1.82, 2.24) is 15.0 Å². The summed E-state index contributed by atoms with van der Waals surface area (Å²) >= 11 is 1.67. The van der Waals surface area contributed by atoms with Crippen LogP contribution < -0.4 is 5.32 Å². The summed E-state index contributed by atoms with van der Waals surface area (Å²) in [5.41, 5.74) is 4.32. The second-order valence-electron chi connectivity index (χ2n) is 4.26. The normalized spacial score (nSPS) is 10.6. The molecule has 2 N–H and O–H groups in total. The molecule has 4 nitrogen and oxygen atoms in total. The first-order valence-corrected chi connectivity index (χ1v) is 6.93. The van der Waals surface area contributed by atoms with Crippen molar-refractivity contribution in [2.24, 2.45) is 0 Å². The Bertz CT molecular complexity index is 658. The summed E-state index contributed by atoms with van der Waals surface area (Å²) in [7, 11) is 0. The summed E-state index contributed by atoms with van der Waals surface area (Å²) in [6, 6.07) is 8.29. The molecule has 2 heterocycles. The number of anilines is 1. The monoisotopic (exact) mass is 270 g/mol. The Hall–Kier alpha value is -2.14. The third-order valence-electron chi connectivity index (χ3n) is 2.82. The lowest BCUT2D eigenvalue weighted by Gasteiger charge is -2.06. The van der Waals surface area contributed by atoms with E-state index in [4.69, 9.17) is 0 Å². The van der Waals surface area contributed by atoms with Crippen LogP contribution in [0.15, 0.2) is 42.2 Å². The number of aromatic amines is 1. The van der Waals surface area contributed by atoms with Gasteiger partial charge in [-0.1, -0.05) is 12.1 Å². The maximum absolute atomic E-state index is 4.51. The fourth-order valence-corrected chi connectivity index (χ4v) is 2.49. The SMILES string of the molecule is Cc1nc(-c2cccc(NCc3cnc[nH]3)c2)cs1. The molecule has 96 valence electrons. The van der Waals surface area contributed by atoms with Crippen LogP contribution in [0, 0.1) is 6.92 Å². The zero-order valence-electron chi connectivity index (χ0n) is 10.6. The number of imidazole rings is 1. The van der Waals surface area contributed by atoms with Gasteiger partial charge in [-0.25, -0.2) is 9.97 Å². The third-order valence-corrected chi connectivity index (χ3v) is 3.59. The predicted octanol–water partition coefficient (Wildman–Crippen LogP) is 3.45. The van der Waals surface area contributed by atoms with E-state index >= 15 is 0 Å². The fraction of sp³-hybridized carbons (Fsp3) is 0.143. The molecule has 0 bridgehead atoms. The van der Waals surface area contributed by atoms with Gasteiger partial charge < -0.3 is 10.3 Å². The van der Waals surface area contributed by atoms with Crippen molar-refractivity contribution in [2.45, 2.75) is 13.5 Å². The smallest absolute Gasteiger partial charge is 0.0922 e. The van der Waals surface area contributed by atoms with Crippen LogP contribution in [0.2, 0.25) is 0 Å². The van der Waals surface area contributed by atoms with Gasteiger partial charge in [-0.2, -0.15) is 0 Å². The molecule has 3 aromatic rings. The van der Waals surface area contributed by atoms with Gasteiger partial charge >= 0.3 is 0 Å². The molecule has 0 aliphatic carbocycles. The lowest BCUT2D eigenvalue weighted by atomic mass is 10.1. The first-order valence-electron chi connectivity index (χ1n) is 6.05. The fourth-order valence-electron chi connectivity index (χ4n) is 1.86. The number of aromatic nitrogens is 3. The molecule has 0 aliphatic heterocycles. The number of hydrogen-bond donors (Lipinski definition) is 2. The average Bonchev–Trinajstić information content (AvgIpc) is 3.08. The van der Waals surface area contributed by atoms with Gasteiger partial charge in [0, 0.05) is 22.8 Å². The minimum Gasteiger partial charge on any atom is -0.379 e. The van der Waals surface area contributed by atoms with Crippen molar-refractivity contribution < 1.29 is 0 Å². The molecule has 0 saturated carbocycles. The largest absolute Gasteiger partial charge is 0.379 e. The lowest BCUT2D eigenvalue weighted by molar-refractivity contribution is 1.07. The summed E-state index contributed by atoms with van der Waals surface area (Å²) in [4.78, 5) is 11.6. The maximum atomic E-state index is 4.51. The van der Waals surface area contributed by atoms with E-state index in [-0.39, 0.29) is 0 Å². The van der Waals surface area contributed by atoms with E-state index in [0.29, 0.717) is 0 Å². The Morgan fingerprint density at radius 3 is 3.05 bits per heavy atom. The van der Waals surface area contributed by atoms with Gasteiger partial charge in [-0.15, -0.1) is 11.3 Å². The van der Waals surface area contributed by atoms with Crippen LogP contribution in [0.25, 0.3) is 11.3 Å². The highest BCUT2D eigenvalue weighted by Crippen LogP contribution is 2.24. The highest BCUT2D eigenvalue weighted by Gasteiger charge is 2.03. The van der Waals surface area contributed by atoms with E-state index in [9.17, 15) is 0 Å². The van der Waals surface area contributed by atoms with Crippen LogP contribution in [0.3, 0.4) is 0 Å². The molecular weight excluding hydrogens is 256 g/mol. The molecule has 0 aliphatic rings. The third kappa shape index (κ3) is 2.82. The number of H-pyrrole nitrogens is 1. The van der Waals surface area contributed by atoms with Gasteiger partial charge in [0.05, 0.1) is 29.3 Å². The van der Waals surface area contributed by atoms with Crippen LogP contribution in [0.4, 0.5) is 5.69 Å². The Balaban J connectivity index is 1.76. The van der Waals surface area contributed by atoms with Gasteiger partial charge in [0.1, 0.15) is 0 Å². The lowest BCUT2D eigenvalue weighted by Crippen LogP contribution is -1.99. The molecule has 0 fully saturated rings. The van der Waals surface area contributed by atoms with Gasteiger partial charge in [-0.05, 0) is 19.1 Å². The molecule has 0 radical (unpaired) electrons. The number of hydrogen-bond acceptors (Lipinski definition) is 4. The van der Waals surface area contributed by atoms with Crippen molar-refractivity contribution in [3.05, 3.63) is 52.9 Å². The molecule has 2 aromatic heterocycles. The second kappa shape index (κ2) is 5.24. The molecule has 3 rings (SSSR count). The Labute approximate surface area is 115 Å². The molecule has 0 atom stereocenters. The minimum absolute atomic E-state index is 0.736. The summed E-state index contributed by atoms with van der Waals surface area (Å²) in [6.07, 6.45) is 3.51. The first kappa shape index (κ1) is 11.9. The zero-order chi connectivity index (χ0) is 13.1. The van der Waals surface area contributed by atoms with Crippen LogP contribution in [0.1, 0.15) is 10.7 Å². The Morgan fingerprint density at radius 1 is 1.37 bits per heavy atom. The molecule has 0 saturated heterocycles. The molecule has 19 heavy (non-hydrogen) atoms. The number of nitrogens with zero attached hydrogens (tertiary/aromatic N) is 2. The van der Waals surface area contributed by atoms with Crippen LogP contribution >= 0.6 is 11.3 Å². The van der Waals surface area contributed by atoms with Gasteiger partial charge in [0.25, 0.3) is 0 Å². The van der Waals surface area contributed by atoms with E-state index in [2.05, 4.69) is 43.8 Å². The molecule has 0 unspecified atom stereocenters. The van der Waals surface area contributed by atoms with E-state index in [1.54, 1.807) is 17.7 Å². The summed E-state index contributed by atoms with van der Waals surface area (Å²) in [5.74, 6) is 0. The van der Waals surface area contributed by atoms with E-state index in [1.807, 2.05) is 19.2 Å².